The summed E-state index contributed by atoms with van der Waals surface area (Å²) in [5, 5.41) is 26.8. The lowest BCUT2D eigenvalue weighted by molar-refractivity contribution is 1.17. The quantitative estimate of drug-likeness (QED) is 0.210. The van der Waals surface area contributed by atoms with Gasteiger partial charge in [0.15, 0.2) is 0 Å². The maximum absolute atomic E-state index is 10.0. The van der Waals surface area contributed by atoms with Gasteiger partial charge in [-0.25, -0.2) is 0 Å². The Kier molecular flexibility index (Phi) is 4.87. The molecule has 0 atom stereocenters. The molecule has 0 aliphatic heterocycles. The Morgan fingerprint density at radius 3 is 1.70 bits per heavy atom. The smallest absolute Gasteiger partial charge is 0.101 e. The monoisotopic (exact) mass is 564 g/mol. The summed E-state index contributed by atoms with van der Waals surface area (Å²) in [7, 11) is 0. The molecule has 0 aliphatic rings. The van der Waals surface area contributed by atoms with Crippen molar-refractivity contribution in [2.24, 2.45) is 0 Å². The Morgan fingerprint density at radius 2 is 1.07 bits per heavy atom. The van der Waals surface area contributed by atoms with E-state index in [0.717, 1.165) is 27.8 Å². The zero-order valence-electron chi connectivity index (χ0n) is 22.7. The molecule has 5 heteroatoms. The molecule has 3 aromatic heterocycles. The Bertz CT molecular complexity index is 2690. The van der Waals surface area contributed by atoms with E-state index in [1.165, 1.54) is 47.4 Å². The molecule has 0 unspecified atom stereocenters. The van der Waals surface area contributed by atoms with E-state index in [2.05, 4.69) is 118 Å². The molecule has 198 valence electrons. The summed E-state index contributed by atoms with van der Waals surface area (Å²) in [4.78, 5) is 0. The van der Waals surface area contributed by atoms with Crippen molar-refractivity contribution in [2.75, 3.05) is 0 Å². The normalized spacial score (nSPS) is 11.7. The number of thiophene rings is 1. The Hall–Kier alpha value is -5.88. The molecule has 9 aromatic rings. The summed E-state index contributed by atoms with van der Waals surface area (Å²) in [6.45, 7) is 0. The first kappa shape index (κ1) is 23.8. The second-order valence-electron chi connectivity index (χ2n) is 10.8. The summed E-state index contributed by atoms with van der Waals surface area (Å²) in [5.74, 6) is 0. The van der Waals surface area contributed by atoms with Gasteiger partial charge >= 0.3 is 0 Å². The number of nitrogens with zero attached hydrogens (tertiary/aromatic N) is 4. The number of nitriles is 2. The molecule has 3 heterocycles. The van der Waals surface area contributed by atoms with Crippen molar-refractivity contribution in [3.8, 4) is 23.5 Å². The lowest BCUT2D eigenvalue weighted by Crippen LogP contribution is -1.98. The number of fused-ring (bicyclic) bond motifs is 11. The van der Waals surface area contributed by atoms with Crippen molar-refractivity contribution in [3.05, 3.63) is 132 Å². The molecule has 6 aromatic carbocycles. The predicted octanol–water partition coefficient (Wildman–Crippen LogP) is 9.99. The first-order valence-electron chi connectivity index (χ1n) is 14.1. The van der Waals surface area contributed by atoms with Crippen LogP contribution in [0.3, 0.4) is 0 Å². The molecule has 0 saturated carbocycles. The summed E-state index contributed by atoms with van der Waals surface area (Å²) < 4.78 is 7.05. The summed E-state index contributed by atoms with van der Waals surface area (Å²) >= 11 is 1.85. The van der Waals surface area contributed by atoms with Gasteiger partial charge in [-0.15, -0.1) is 11.3 Å². The zero-order chi connectivity index (χ0) is 28.7. The van der Waals surface area contributed by atoms with Gasteiger partial charge in [0.1, 0.15) is 6.07 Å². The summed E-state index contributed by atoms with van der Waals surface area (Å²) in [6.07, 6.45) is 0. The van der Waals surface area contributed by atoms with Gasteiger partial charge in [-0.05, 0) is 54.6 Å². The van der Waals surface area contributed by atoms with E-state index < -0.39 is 0 Å². The van der Waals surface area contributed by atoms with Gasteiger partial charge in [0.2, 0.25) is 0 Å². The standard InChI is InChI=1S/C38H20N4S/c39-21-23-14-17-30(24(20-23)22-40)42-32-13-7-5-11-29(32)36-34(42)19-16-27-26-15-18-33-35(37(26)43-38(27)36)28-10-4-6-12-31(28)41(33)25-8-2-1-3-9-25/h1-20H. The SMILES string of the molecule is N#Cc1ccc(-n2c3ccccc3c3c4sc5c(ccc6c5c5ccccc5n6-c5ccccc5)c4ccc32)c(C#N)c1. The Labute approximate surface area is 250 Å². The van der Waals surface area contributed by atoms with E-state index in [1.807, 2.05) is 23.5 Å². The number of hydrogen-bond donors (Lipinski definition) is 0. The zero-order valence-corrected chi connectivity index (χ0v) is 23.6. The highest BCUT2D eigenvalue weighted by atomic mass is 32.1. The highest BCUT2D eigenvalue weighted by molar-refractivity contribution is 7.27. The molecule has 0 spiro atoms. The Balaban J connectivity index is 1.44. The minimum atomic E-state index is 0.478. The number of hydrogen-bond acceptors (Lipinski definition) is 3. The van der Waals surface area contributed by atoms with Crippen LogP contribution in [0.25, 0.3) is 75.2 Å². The molecule has 0 amide bonds. The third-order valence-electron chi connectivity index (χ3n) is 8.58. The maximum atomic E-state index is 10.0. The number of benzene rings is 6. The van der Waals surface area contributed by atoms with Gasteiger partial charge < -0.3 is 9.13 Å². The summed E-state index contributed by atoms with van der Waals surface area (Å²) in [5.41, 5.74) is 7.36. The van der Waals surface area contributed by atoms with Crippen molar-refractivity contribution in [1.29, 1.82) is 10.5 Å². The Morgan fingerprint density at radius 1 is 0.488 bits per heavy atom. The number of para-hydroxylation sites is 3. The molecule has 4 nitrogen and oxygen atoms in total. The van der Waals surface area contributed by atoms with Gasteiger partial charge in [0.05, 0.1) is 45.0 Å². The van der Waals surface area contributed by atoms with Gasteiger partial charge in [-0.3, -0.25) is 0 Å². The lowest BCUT2D eigenvalue weighted by atomic mass is 10.1. The van der Waals surface area contributed by atoms with E-state index in [-0.39, 0.29) is 0 Å². The van der Waals surface area contributed by atoms with Crippen molar-refractivity contribution < 1.29 is 0 Å². The predicted molar refractivity (Wildman–Crippen MR) is 177 cm³/mol. The fraction of sp³-hybridized carbons (Fsp3) is 0. The third kappa shape index (κ3) is 3.17. The van der Waals surface area contributed by atoms with Crippen LogP contribution in [0.5, 0.6) is 0 Å². The van der Waals surface area contributed by atoms with Crippen LogP contribution in [0.1, 0.15) is 11.1 Å². The fourth-order valence-corrected chi connectivity index (χ4v) is 8.21. The molecule has 0 radical (unpaired) electrons. The third-order valence-corrected chi connectivity index (χ3v) is 9.83. The minimum Gasteiger partial charge on any atom is -0.309 e. The molecule has 0 saturated heterocycles. The van der Waals surface area contributed by atoms with E-state index in [1.54, 1.807) is 12.1 Å². The second-order valence-corrected chi connectivity index (χ2v) is 11.8. The van der Waals surface area contributed by atoms with Crippen molar-refractivity contribution in [3.63, 3.8) is 0 Å². The first-order valence-corrected chi connectivity index (χ1v) is 14.9. The van der Waals surface area contributed by atoms with Gasteiger partial charge in [-0.1, -0.05) is 66.7 Å². The second kappa shape index (κ2) is 8.81. The van der Waals surface area contributed by atoms with Crippen LogP contribution in [0.4, 0.5) is 0 Å². The molecule has 0 bridgehead atoms. The highest BCUT2D eigenvalue weighted by Gasteiger charge is 2.21. The average Bonchev–Trinajstić information content (AvgIpc) is 3.72. The van der Waals surface area contributed by atoms with E-state index >= 15 is 0 Å². The van der Waals surface area contributed by atoms with Crippen LogP contribution < -0.4 is 0 Å². The van der Waals surface area contributed by atoms with Crippen LogP contribution in [-0.4, -0.2) is 9.13 Å². The highest BCUT2D eigenvalue weighted by Crippen LogP contribution is 2.47. The van der Waals surface area contributed by atoms with Crippen LogP contribution in [0.15, 0.2) is 121 Å². The van der Waals surface area contributed by atoms with Crippen molar-refractivity contribution in [1.82, 2.24) is 9.13 Å². The molecular weight excluding hydrogens is 545 g/mol. The van der Waals surface area contributed by atoms with Crippen LogP contribution in [-0.2, 0) is 0 Å². The fourth-order valence-electron chi connectivity index (χ4n) is 6.80. The topological polar surface area (TPSA) is 57.4 Å². The minimum absolute atomic E-state index is 0.478. The van der Waals surface area contributed by atoms with E-state index in [9.17, 15) is 10.5 Å². The lowest BCUT2D eigenvalue weighted by Gasteiger charge is -2.10. The summed E-state index contributed by atoms with van der Waals surface area (Å²) in [6, 6.07) is 46.4. The molecule has 9 rings (SSSR count). The molecule has 43 heavy (non-hydrogen) atoms. The van der Waals surface area contributed by atoms with Crippen LogP contribution in [0, 0.1) is 22.7 Å². The number of rotatable bonds is 2. The molecular formula is C38H20N4S. The molecule has 0 N–H and O–H groups in total. The van der Waals surface area contributed by atoms with Crippen LogP contribution in [0.2, 0.25) is 0 Å². The van der Waals surface area contributed by atoms with Crippen LogP contribution >= 0.6 is 11.3 Å². The van der Waals surface area contributed by atoms with E-state index in [4.69, 9.17) is 0 Å². The first-order chi connectivity index (χ1) is 21.3. The van der Waals surface area contributed by atoms with E-state index in [0.29, 0.717) is 11.1 Å². The van der Waals surface area contributed by atoms with Crippen molar-refractivity contribution in [2.45, 2.75) is 0 Å². The largest absolute Gasteiger partial charge is 0.309 e. The number of aromatic nitrogens is 2. The van der Waals surface area contributed by atoms with Gasteiger partial charge in [-0.2, -0.15) is 10.5 Å². The molecule has 0 fully saturated rings. The van der Waals surface area contributed by atoms with Gasteiger partial charge in [0, 0.05) is 47.4 Å². The van der Waals surface area contributed by atoms with Crippen molar-refractivity contribution >= 4 is 75.1 Å². The van der Waals surface area contributed by atoms with Gasteiger partial charge in [0.25, 0.3) is 0 Å². The maximum Gasteiger partial charge on any atom is 0.101 e. The average molecular weight is 565 g/mol. The molecule has 0 aliphatic carbocycles.